The summed E-state index contributed by atoms with van der Waals surface area (Å²) in [6.07, 6.45) is 0.782. The number of hydrogen-bond donors (Lipinski definition) is 1. The molecule has 0 unspecified atom stereocenters. The highest BCUT2D eigenvalue weighted by molar-refractivity contribution is 9.10. The lowest BCUT2D eigenvalue weighted by Crippen LogP contribution is -2.05. The molecule has 0 aliphatic carbocycles. The van der Waals surface area contributed by atoms with Crippen LogP contribution in [0, 0.1) is 6.92 Å². The third kappa shape index (κ3) is 3.34. The molecule has 0 fully saturated rings. The van der Waals surface area contributed by atoms with Crippen molar-refractivity contribution < 1.29 is 9.26 Å². The zero-order valence-electron chi connectivity index (χ0n) is 10.1. The van der Waals surface area contributed by atoms with Crippen LogP contribution in [0.5, 0.6) is 5.75 Å². The molecule has 0 bridgehead atoms. The van der Waals surface area contributed by atoms with E-state index < -0.39 is 0 Å². The van der Waals surface area contributed by atoms with Gasteiger partial charge >= 0.3 is 0 Å². The summed E-state index contributed by atoms with van der Waals surface area (Å²) in [5.74, 6) is 1.55. The maximum Gasteiger partial charge on any atom is 0.174 e. The first-order valence-electron chi connectivity index (χ1n) is 5.72. The van der Waals surface area contributed by atoms with Gasteiger partial charge in [0.25, 0.3) is 0 Å². The molecule has 0 saturated heterocycles. The van der Waals surface area contributed by atoms with E-state index in [4.69, 9.17) is 15.0 Å². The molecule has 0 radical (unpaired) electrons. The number of rotatable bonds is 5. The normalized spacial score (nSPS) is 10.6. The highest BCUT2D eigenvalue weighted by Crippen LogP contribution is 2.24. The number of nitrogens with two attached hydrogens (primary N) is 1. The first-order valence-corrected chi connectivity index (χ1v) is 6.52. The number of nitrogens with zero attached hydrogens (tertiary/aromatic N) is 1. The molecular formula is C13H15BrN2O2. The molecule has 0 aliphatic rings. The second kappa shape index (κ2) is 6.02. The molecular weight excluding hydrogens is 296 g/mol. The Bertz CT molecular complexity index is 525. The first-order chi connectivity index (χ1) is 8.69. The van der Waals surface area contributed by atoms with E-state index in [1.54, 1.807) is 0 Å². The second-order valence-corrected chi connectivity index (χ2v) is 4.93. The topological polar surface area (TPSA) is 61.3 Å². The molecule has 1 aromatic heterocycles. The van der Waals surface area contributed by atoms with Crippen molar-refractivity contribution in [2.24, 2.45) is 5.73 Å². The summed E-state index contributed by atoms with van der Waals surface area (Å²) in [5, 5.41) is 3.82. The number of aromatic nitrogens is 1. The number of halogens is 1. The minimum atomic E-state index is 0.375. The number of benzene rings is 1. The van der Waals surface area contributed by atoms with Gasteiger partial charge < -0.3 is 15.0 Å². The second-order valence-electron chi connectivity index (χ2n) is 4.01. The highest BCUT2D eigenvalue weighted by Gasteiger charge is 2.06. The van der Waals surface area contributed by atoms with Crippen molar-refractivity contribution in [2.45, 2.75) is 20.0 Å². The van der Waals surface area contributed by atoms with E-state index in [9.17, 15) is 0 Å². The maximum absolute atomic E-state index is 5.73. The zero-order valence-corrected chi connectivity index (χ0v) is 11.7. The van der Waals surface area contributed by atoms with Crippen LogP contribution in [0.15, 0.2) is 33.3 Å². The Morgan fingerprint density at radius 2 is 2.22 bits per heavy atom. The molecule has 0 spiro atoms. The van der Waals surface area contributed by atoms with Gasteiger partial charge in [0.1, 0.15) is 12.4 Å². The van der Waals surface area contributed by atoms with Crippen LogP contribution in [0.25, 0.3) is 0 Å². The fourth-order valence-corrected chi connectivity index (χ4v) is 2.08. The molecule has 2 N–H and O–H groups in total. The summed E-state index contributed by atoms with van der Waals surface area (Å²) in [5.41, 5.74) is 7.53. The van der Waals surface area contributed by atoms with Crippen LogP contribution in [-0.4, -0.2) is 11.7 Å². The SMILES string of the molecule is Cc1cc(COc2ccc(Br)cc2CCN)on1. The summed E-state index contributed by atoms with van der Waals surface area (Å²) in [6.45, 7) is 2.85. The summed E-state index contributed by atoms with van der Waals surface area (Å²) in [7, 11) is 0. The van der Waals surface area contributed by atoms with Crippen molar-refractivity contribution in [1.82, 2.24) is 5.16 Å². The van der Waals surface area contributed by atoms with Gasteiger partial charge in [0.2, 0.25) is 0 Å². The molecule has 0 amide bonds. The van der Waals surface area contributed by atoms with Gasteiger partial charge in [-0.1, -0.05) is 21.1 Å². The largest absolute Gasteiger partial charge is 0.485 e. The minimum Gasteiger partial charge on any atom is -0.485 e. The fourth-order valence-electron chi connectivity index (χ4n) is 1.67. The molecule has 2 rings (SSSR count). The highest BCUT2D eigenvalue weighted by atomic mass is 79.9. The lowest BCUT2D eigenvalue weighted by atomic mass is 10.1. The Kier molecular flexibility index (Phi) is 4.38. The van der Waals surface area contributed by atoms with Crippen molar-refractivity contribution in [1.29, 1.82) is 0 Å². The molecule has 5 heteroatoms. The summed E-state index contributed by atoms with van der Waals surface area (Å²) in [6, 6.07) is 7.76. The molecule has 96 valence electrons. The number of ether oxygens (including phenoxy) is 1. The van der Waals surface area contributed by atoms with Crippen LogP contribution in [0.2, 0.25) is 0 Å². The summed E-state index contributed by atoms with van der Waals surface area (Å²) in [4.78, 5) is 0. The molecule has 4 nitrogen and oxygen atoms in total. The van der Waals surface area contributed by atoms with Crippen molar-refractivity contribution in [3.63, 3.8) is 0 Å². The Morgan fingerprint density at radius 1 is 1.39 bits per heavy atom. The zero-order chi connectivity index (χ0) is 13.0. The van der Waals surface area contributed by atoms with Crippen LogP contribution in [0.3, 0.4) is 0 Å². The van der Waals surface area contributed by atoms with Crippen molar-refractivity contribution >= 4 is 15.9 Å². The summed E-state index contributed by atoms with van der Waals surface area (Å²) < 4.78 is 11.9. The molecule has 0 saturated carbocycles. The third-order valence-corrected chi connectivity index (χ3v) is 2.98. The third-order valence-electron chi connectivity index (χ3n) is 2.48. The van der Waals surface area contributed by atoms with E-state index in [0.29, 0.717) is 18.9 Å². The Morgan fingerprint density at radius 3 is 2.89 bits per heavy atom. The average Bonchev–Trinajstić information content (AvgIpc) is 2.75. The summed E-state index contributed by atoms with van der Waals surface area (Å²) >= 11 is 3.44. The van der Waals surface area contributed by atoms with Crippen LogP contribution < -0.4 is 10.5 Å². The monoisotopic (exact) mass is 310 g/mol. The Hall–Kier alpha value is -1.33. The van der Waals surface area contributed by atoms with Gasteiger partial charge in [-0.3, -0.25) is 0 Å². The molecule has 2 aromatic rings. The van der Waals surface area contributed by atoms with Gasteiger partial charge in [0.15, 0.2) is 5.76 Å². The van der Waals surface area contributed by atoms with Crippen LogP contribution in [0.1, 0.15) is 17.0 Å². The van der Waals surface area contributed by atoms with Gasteiger partial charge in [-0.15, -0.1) is 0 Å². The van der Waals surface area contributed by atoms with Crippen LogP contribution >= 0.6 is 15.9 Å². The van der Waals surface area contributed by atoms with Crippen LogP contribution in [0.4, 0.5) is 0 Å². The van der Waals surface area contributed by atoms with Gasteiger partial charge in [0.05, 0.1) is 5.69 Å². The predicted octanol–water partition coefficient (Wildman–Crippen LogP) is 2.83. The van der Waals surface area contributed by atoms with Crippen molar-refractivity contribution in [3.8, 4) is 5.75 Å². The van der Waals surface area contributed by atoms with E-state index >= 15 is 0 Å². The first kappa shape index (κ1) is 13.1. The smallest absolute Gasteiger partial charge is 0.174 e. The molecule has 0 atom stereocenters. The van der Waals surface area contributed by atoms with Gasteiger partial charge in [-0.25, -0.2) is 0 Å². The van der Waals surface area contributed by atoms with Gasteiger partial charge in [0, 0.05) is 10.5 Å². The lowest BCUT2D eigenvalue weighted by molar-refractivity contribution is 0.247. The predicted molar refractivity (Wildman–Crippen MR) is 72.5 cm³/mol. The maximum atomic E-state index is 5.73. The van der Waals surface area contributed by atoms with E-state index in [-0.39, 0.29) is 0 Å². The molecule has 1 heterocycles. The quantitative estimate of drug-likeness (QED) is 0.922. The minimum absolute atomic E-state index is 0.375. The Balaban J connectivity index is 2.08. The molecule has 1 aromatic carbocycles. The number of aryl methyl sites for hydroxylation is 1. The fraction of sp³-hybridized carbons (Fsp3) is 0.308. The molecule has 0 aliphatic heterocycles. The van der Waals surface area contributed by atoms with Crippen molar-refractivity contribution in [2.75, 3.05) is 6.54 Å². The number of hydrogen-bond acceptors (Lipinski definition) is 4. The van der Waals surface area contributed by atoms with Gasteiger partial charge in [-0.2, -0.15) is 0 Å². The van der Waals surface area contributed by atoms with E-state index in [1.165, 1.54) is 0 Å². The van der Waals surface area contributed by atoms with Crippen molar-refractivity contribution in [3.05, 3.63) is 45.8 Å². The van der Waals surface area contributed by atoms with E-state index in [1.807, 2.05) is 31.2 Å². The van der Waals surface area contributed by atoms with E-state index in [2.05, 4.69) is 21.1 Å². The molecule has 18 heavy (non-hydrogen) atoms. The van der Waals surface area contributed by atoms with Gasteiger partial charge in [-0.05, 0) is 43.7 Å². The lowest BCUT2D eigenvalue weighted by Gasteiger charge is -2.10. The standard InChI is InChI=1S/C13H15BrN2O2/c1-9-6-12(18-16-9)8-17-13-3-2-11(14)7-10(13)4-5-15/h2-3,6-7H,4-5,8,15H2,1H3. The van der Waals surface area contributed by atoms with E-state index in [0.717, 1.165) is 27.9 Å². The Labute approximate surface area is 114 Å². The van der Waals surface area contributed by atoms with Crippen LogP contribution in [-0.2, 0) is 13.0 Å². The average molecular weight is 311 g/mol.